The molecule has 3 nitrogen and oxygen atoms in total. The minimum absolute atomic E-state index is 0.298. The molecule has 0 aliphatic rings. The Kier molecular flexibility index (Phi) is 3.47. The highest BCUT2D eigenvalue weighted by atomic mass is 19.1. The van der Waals surface area contributed by atoms with Gasteiger partial charge in [-0.2, -0.15) is 0 Å². The first kappa shape index (κ1) is 12.4. The zero-order chi connectivity index (χ0) is 12.3. The lowest BCUT2D eigenvalue weighted by molar-refractivity contribution is -0.148. The summed E-state index contributed by atoms with van der Waals surface area (Å²) in [5.41, 5.74) is -1.77. The van der Waals surface area contributed by atoms with Crippen molar-refractivity contribution in [1.82, 2.24) is 0 Å². The molecule has 0 heterocycles. The molecule has 0 bridgehead atoms. The van der Waals surface area contributed by atoms with Gasteiger partial charge in [-0.1, -0.05) is 0 Å². The second kappa shape index (κ2) is 4.47. The minimum Gasteiger partial charge on any atom is -0.479 e. The molecule has 0 aliphatic heterocycles. The van der Waals surface area contributed by atoms with E-state index >= 15 is 0 Å². The molecule has 1 aromatic carbocycles. The van der Waals surface area contributed by atoms with Crippen LogP contribution < -0.4 is 4.90 Å². The van der Waals surface area contributed by atoms with Crippen molar-refractivity contribution >= 4 is 11.7 Å². The fraction of sp³-hybridized carbons (Fsp3) is 0.364. The van der Waals surface area contributed by atoms with E-state index in [1.165, 1.54) is 29.2 Å². The topological polar surface area (TPSA) is 40.5 Å². The van der Waals surface area contributed by atoms with E-state index in [2.05, 4.69) is 0 Å². The monoisotopic (exact) mass is 229 g/mol. The van der Waals surface area contributed by atoms with Crippen LogP contribution in [0.3, 0.4) is 0 Å². The number of hydrogen-bond acceptors (Lipinski definition) is 2. The normalized spacial score (nSPS) is 14.2. The predicted molar refractivity (Wildman–Crippen MR) is 56.8 cm³/mol. The van der Waals surface area contributed by atoms with Crippen LogP contribution in [0.25, 0.3) is 0 Å². The Labute approximate surface area is 92.3 Å². The summed E-state index contributed by atoms with van der Waals surface area (Å²) in [5.74, 6) is -1.90. The van der Waals surface area contributed by atoms with Crippen LogP contribution in [0.1, 0.15) is 6.92 Å². The van der Waals surface area contributed by atoms with Gasteiger partial charge in [0, 0.05) is 12.7 Å². The summed E-state index contributed by atoms with van der Waals surface area (Å²) < 4.78 is 26.1. The molecular weight excluding hydrogens is 216 g/mol. The first-order chi connectivity index (χ1) is 7.33. The Morgan fingerprint density at radius 2 is 1.94 bits per heavy atom. The van der Waals surface area contributed by atoms with E-state index in [4.69, 9.17) is 5.11 Å². The van der Waals surface area contributed by atoms with Crippen molar-refractivity contribution in [2.45, 2.75) is 12.6 Å². The first-order valence-electron chi connectivity index (χ1n) is 4.72. The van der Waals surface area contributed by atoms with Gasteiger partial charge in [-0.25, -0.2) is 13.6 Å². The van der Waals surface area contributed by atoms with Crippen molar-refractivity contribution in [3.63, 3.8) is 0 Å². The van der Waals surface area contributed by atoms with Crippen LogP contribution in [0.4, 0.5) is 14.5 Å². The predicted octanol–water partition coefficient (Wildman–Crippen LogP) is 2.07. The second-order valence-corrected chi connectivity index (χ2v) is 3.84. The third kappa shape index (κ3) is 2.92. The number of nitrogens with zero attached hydrogens (tertiary/aromatic N) is 1. The molecule has 0 amide bonds. The Hall–Kier alpha value is -1.65. The van der Waals surface area contributed by atoms with Crippen LogP contribution in [-0.2, 0) is 4.79 Å². The van der Waals surface area contributed by atoms with Gasteiger partial charge in [0.15, 0.2) is 0 Å². The van der Waals surface area contributed by atoms with E-state index in [0.717, 1.165) is 6.92 Å². The highest BCUT2D eigenvalue weighted by Gasteiger charge is 2.34. The van der Waals surface area contributed by atoms with E-state index in [-0.39, 0.29) is 6.54 Å². The van der Waals surface area contributed by atoms with E-state index in [1.807, 2.05) is 0 Å². The largest absolute Gasteiger partial charge is 0.479 e. The summed E-state index contributed by atoms with van der Waals surface area (Å²) in [6.07, 6.45) is 0. The Morgan fingerprint density at radius 1 is 1.44 bits per heavy atom. The number of carboxylic acids is 1. The maximum atomic E-state index is 13.5. The number of hydrogen-bond donors (Lipinski definition) is 1. The number of carbonyl (C=O) groups is 1. The molecule has 16 heavy (non-hydrogen) atoms. The average molecular weight is 229 g/mol. The maximum Gasteiger partial charge on any atom is 0.343 e. The lowest BCUT2D eigenvalue weighted by atomic mass is 10.1. The molecule has 0 saturated heterocycles. The molecule has 0 radical (unpaired) electrons. The van der Waals surface area contributed by atoms with Crippen LogP contribution in [0, 0.1) is 5.82 Å². The number of carboxylic acid groups (broad SMARTS) is 1. The van der Waals surface area contributed by atoms with E-state index in [1.54, 1.807) is 7.05 Å². The van der Waals surface area contributed by atoms with Crippen LogP contribution in [0.5, 0.6) is 0 Å². The molecule has 0 spiro atoms. The Balaban J connectivity index is 2.76. The summed E-state index contributed by atoms with van der Waals surface area (Å²) in [6.45, 7) is 0.698. The van der Waals surface area contributed by atoms with E-state index < -0.39 is 17.5 Å². The highest BCUT2D eigenvalue weighted by molar-refractivity contribution is 5.77. The zero-order valence-electron chi connectivity index (χ0n) is 9.08. The third-order valence-electron chi connectivity index (χ3n) is 2.25. The van der Waals surface area contributed by atoms with E-state index in [9.17, 15) is 13.6 Å². The number of benzene rings is 1. The molecule has 1 atom stereocenters. The van der Waals surface area contributed by atoms with Gasteiger partial charge in [0.1, 0.15) is 5.82 Å². The van der Waals surface area contributed by atoms with Crippen molar-refractivity contribution in [2.24, 2.45) is 0 Å². The standard InChI is InChI=1S/C11H13F2NO2/c1-11(13,10(15)16)7-14(2)9-5-3-8(12)4-6-9/h3-6H,7H2,1-2H3,(H,15,16). The quantitative estimate of drug-likeness (QED) is 0.859. The van der Waals surface area contributed by atoms with Gasteiger partial charge in [0.25, 0.3) is 0 Å². The summed E-state index contributed by atoms with van der Waals surface area (Å²) in [7, 11) is 1.55. The SMILES string of the molecule is CN(CC(C)(F)C(=O)O)c1ccc(F)cc1. The van der Waals surface area contributed by atoms with Gasteiger partial charge in [-0.3, -0.25) is 0 Å². The molecule has 1 unspecified atom stereocenters. The van der Waals surface area contributed by atoms with Crippen LogP contribution in [-0.4, -0.2) is 30.3 Å². The number of aliphatic carboxylic acids is 1. The van der Waals surface area contributed by atoms with Crippen molar-refractivity contribution < 1.29 is 18.7 Å². The molecule has 1 aromatic rings. The molecule has 0 saturated carbocycles. The van der Waals surface area contributed by atoms with Crippen molar-refractivity contribution in [1.29, 1.82) is 0 Å². The van der Waals surface area contributed by atoms with Crippen molar-refractivity contribution in [2.75, 3.05) is 18.5 Å². The van der Waals surface area contributed by atoms with Crippen LogP contribution in [0.2, 0.25) is 0 Å². The number of alkyl halides is 1. The van der Waals surface area contributed by atoms with Gasteiger partial charge in [0.05, 0.1) is 6.54 Å². The van der Waals surface area contributed by atoms with Gasteiger partial charge in [-0.15, -0.1) is 0 Å². The zero-order valence-corrected chi connectivity index (χ0v) is 9.08. The Morgan fingerprint density at radius 3 is 2.38 bits per heavy atom. The molecule has 0 aliphatic carbocycles. The fourth-order valence-electron chi connectivity index (χ4n) is 1.30. The molecule has 0 fully saturated rings. The second-order valence-electron chi connectivity index (χ2n) is 3.84. The number of halogens is 2. The maximum absolute atomic E-state index is 13.5. The third-order valence-corrected chi connectivity index (χ3v) is 2.25. The smallest absolute Gasteiger partial charge is 0.343 e. The summed E-state index contributed by atoms with van der Waals surface area (Å²) in [4.78, 5) is 12.0. The average Bonchev–Trinajstić information content (AvgIpc) is 2.17. The minimum atomic E-state index is -2.33. The molecule has 88 valence electrons. The number of anilines is 1. The van der Waals surface area contributed by atoms with Gasteiger partial charge >= 0.3 is 5.97 Å². The number of rotatable bonds is 4. The summed E-state index contributed by atoms with van der Waals surface area (Å²) in [5, 5.41) is 8.62. The van der Waals surface area contributed by atoms with E-state index in [0.29, 0.717) is 5.69 Å². The van der Waals surface area contributed by atoms with Gasteiger partial charge in [0.2, 0.25) is 5.67 Å². The molecule has 1 N–H and O–H groups in total. The van der Waals surface area contributed by atoms with Crippen LogP contribution >= 0.6 is 0 Å². The highest BCUT2D eigenvalue weighted by Crippen LogP contribution is 2.18. The molecule has 1 rings (SSSR count). The van der Waals surface area contributed by atoms with Gasteiger partial charge in [-0.05, 0) is 31.2 Å². The van der Waals surface area contributed by atoms with Crippen molar-refractivity contribution in [3.8, 4) is 0 Å². The first-order valence-corrected chi connectivity index (χ1v) is 4.72. The lowest BCUT2D eigenvalue weighted by Crippen LogP contribution is -2.42. The Bertz CT molecular complexity index is 376. The molecular formula is C11H13F2NO2. The fourth-order valence-corrected chi connectivity index (χ4v) is 1.30. The summed E-state index contributed by atoms with van der Waals surface area (Å²) in [6, 6.07) is 5.41. The van der Waals surface area contributed by atoms with Crippen LogP contribution in [0.15, 0.2) is 24.3 Å². The van der Waals surface area contributed by atoms with Crippen molar-refractivity contribution in [3.05, 3.63) is 30.1 Å². The van der Waals surface area contributed by atoms with Gasteiger partial charge < -0.3 is 10.0 Å². The molecule has 0 aromatic heterocycles. The summed E-state index contributed by atoms with van der Waals surface area (Å²) >= 11 is 0. The lowest BCUT2D eigenvalue weighted by Gasteiger charge is -2.25. The molecule has 5 heteroatoms.